The van der Waals surface area contributed by atoms with Crippen molar-refractivity contribution >= 4 is 17.3 Å². The van der Waals surface area contributed by atoms with Gasteiger partial charge in [-0.3, -0.25) is 10.1 Å². The van der Waals surface area contributed by atoms with Crippen LogP contribution in [0.1, 0.15) is 19.8 Å². The van der Waals surface area contributed by atoms with Crippen LogP contribution in [-0.2, 0) is 0 Å². The average molecular weight is 293 g/mol. The molecule has 0 amide bonds. The molecule has 0 aliphatic carbocycles. The lowest BCUT2D eigenvalue weighted by Gasteiger charge is -2.36. The molecule has 0 saturated carbocycles. The number of piperidine rings is 1. The molecule has 2 rings (SSSR count). The van der Waals surface area contributed by atoms with E-state index in [1.54, 1.807) is 13.1 Å². The number of hydrogen-bond donors (Lipinski definition) is 1. The van der Waals surface area contributed by atoms with E-state index in [1.165, 1.54) is 6.07 Å². The quantitative estimate of drug-likeness (QED) is 0.660. The zero-order valence-electron chi connectivity index (χ0n) is 12.9. The first kappa shape index (κ1) is 15.5. The van der Waals surface area contributed by atoms with Crippen molar-refractivity contribution in [2.75, 3.05) is 43.9 Å². The molecule has 0 spiro atoms. The van der Waals surface area contributed by atoms with Crippen LogP contribution in [0.4, 0.5) is 17.3 Å². The van der Waals surface area contributed by atoms with E-state index in [1.807, 2.05) is 11.9 Å². The lowest BCUT2D eigenvalue weighted by atomic mass is 10.0. The Kier molecular flexibility index (Phi) is 4.95. The fraction of sp³-hybridized carbons (Fsp3) is 0.643. The van der Waals surface area contributed by atoms with Gasteiger partial charge in [-0.15, -0.1) is 0 Å². The number of nitro groups is 1. The van der Waals surface area contributed by atoms with Crippen molar-refractivity contribution < 1.29 is 4.92 Å². The normalized spacial score (nSPS) is 16.7. The summed E-state index contributed by atoms with van der Waals surface area (Å²) in [4.78, 5) is 19.6. The summed E-state index contributed by atoms with van der Waals surface area (Å²) < 4.78 is 0. The molecule has 0 bridgehead atoms. The molecule has 0 atom stereocenters. The molecule has 1 aromatic rings. The molecule has 0 unspecified atom stereocenters. The molecule has 1 saturated heterocycles. The molecule has 1 N–H and O–H groups in total. The van der Waals surface area contributed by atoms with Crippen molar-refractivity contribution in [2.45, 2.75) is 25.8 Å². The summed E-state index contributed by atoms with van der Waals surface area (Å²) in [7, 11) is 3.67. The largest absolute Gasteiger partial charge is 0.373 e. The van der Waals surface area contributed by atoms with Gasteiger partial charge in [-0.1, -0.05) is 6.92 Å². The second-order valence-corrected chi connectivity index (χ2v) is 5.32. The fourth-order valence-corrected chi connectivity index (χ4v) is 2.78. The number of nitrogens with zero attached hydrogens (tertiary/aromatic N) is 4. The van der Waals surface area contributed by atoms with Gasteiger partial charge in [-0.05, 0) is 25.5 Å². The standard InChI is InChI=1S/C14H23N5O2/c1-4-18-9-7-11(8-10-18)17(3)14-12(19(20)21)5-6-13(15-2)16-14/h5-6,11H,4,7-10H2,1-3H3,(H,15,16). The molecular formula is C14H23N5O2. The minimum Gasteiger partial charge on any atom is -0.373 e. The summed E-state index contributed by atoms with van der Waals surface area (Å²) in [6, 6.07) is 3.45. The molecule has 1 aliphatic heterocycles. The van der Waals surface area contributed by atoms with Crippen LogP contribution in [0.25, 0.3) is 0 Å². The minimum absolute atomic E-state index is 0.0643. The lowest BCUT2D eigenvalue weighted by Crippen LogP contribution is -2.43. The van der Waals surface area contributed by atoms with Crippen LogP contribution in [0.15, 0.2) is 12.1 Å². The van der Waals surface area contributed by atoms with Crippen molar-refractivity contribution in [1.29, 1.82) is 0 Å². The van der Waals surface area contributed by atoms with Crippen molar-refractivity contribution in [3.05, 3.63) is 22.2 Å². The van der Waals surface area contributed by atoms with Gasteiger partial charge in [-0.25, -0.2) is 4.98 Å². The summed E-state index contributed by atoms with van der Waals surface area (Å²) in [5.74, 6) is 1.09. The van der Waals surface area contributed by atoms with Crippen molar-refractivity contribution in [1.82, 2.24) is 9.88 Å². The Balaban J connectivity index is 2.21. The predicted molar refractivity (Wildman–Crippen MR) is 84.0 cm³/mol. The van der Waals surface area contributed by atoms with Crippen molar-refractivity contribution in [3.8, 4) is 0 Å². The molecule has 1 aromatic heterocycles. The molecule has 7 nitrogen and oxygen atoms in total. The first-order valence-corrected chi connectivity index (χ1v) is 7.35. The number of aromatic nitrogens is 1. The number of rotatable bonds is 5. The average Bonchev–Trinajstić information content (AvgIpc) is 2.53. The Bertz CT molecular complexity index is 500. The maximum absolute atomic E-state index is 11.2. The Labute approximate surface area is 125 Å². The second kappa shape index (κ2) is 6.71. The smallest absolute Gasteiger partial charge is 0.311 e. The molecule has 21 heavy (non-hydrogen) atoms. The molecule has 1 fully saturated rings. The van der Waals surface area contributed by atoms with Gasteiger partial charge in [0.25, 0.3) is 0 Å². The van der Waals surface area contributed by atoms with Crippen LogP contribution < -0.4 is 10.2 Å². The van der Waals surface area contributed by atoms with Crippen LogP contribution in [-0.4, -0.2) is 54.6 Å². The second-order valence-electron chi connectivity index (χ2n) is 5.32. The lowest BCUT2D eigenvalue weighted by molar-refractivity contribution is -0.384. The zero-order valence-corrected chi connectivity index (χ0v) is 12.9. The van der Waals surface area contributed by atoms with Gasteiger partial charge >= 0.3 is 5.69 Å². The van der Waals surface area contributed by atoms with Gasteiger partial charge in [0.15, 0.2) is 0 Å². The van der Waals surface area contributed by atoms with Crippen LogP contribution in [0, 0.1) is 10.1 Å². The van der Waals surface area contributed by atoms with E-state index in [-0.39, 0.29) is 10.6 Å². The number of nitrogens with one attached hydrogen (secondary N) is 1. The summed E-state index contributed by atoms with van der Waals surface area (Å²) in [6.07, 6.45) is 2.01. The van der Waals surface area contributed by atoms with E-state index >= 15 is 0 Å². The SMILES string of the molecule is CCN1CCC(N(C)c2nc(NC)ccc2[N+](=O)[O-])CC1. The summed E-state index contributed by atoms with van der Waals surface area (Å²) in [5.41, 5.74) is 0.0643. The summed E-state index contributed by atoms with van der Waals surface area (Å²) >= 11 is 0. The summed E-state index contributed by atoms with van der Waals surface area (Å²) in [5, 5.41) is 14.2. The highest BCUT2D eigenvalue weighted by Crippen LogP contribution is 2.30. The Morgan fingerprint density at radius 2 is 2.14 bits per heavy atom. The Hall–Kier alpha value is -1.89. The minimum atomic E-state index is -0.362. The number of likely N-dealkylation sites (tertiary alicyclic amines) is 1. The number of hydrogen-bond acceptors (Lipinski definition) is 6. The third-order valence-corrected chi connectivity index (χ3v) is 4.19. The van der Waals surface area contributed by atoms with Crippen molar-refractivity contribution in [2.24, 2.45) is 0 Å². The fourth-order valence-electron chi connectivity index (χ4n) is 2.78. The van der Waals surface area contributed by atoms with Gasteiger partial charge in [0.2, 0.25) is 5.82 Å². The van der Waals surface area contributed by atoms with Crippen LogP contribution in [0.5, 0.6) is 0 Å². The first-order chi connectivity index (χ1) is 10.1. The Morgan fingerprint density at radius 1 is 1.48 bits per heavy atom. The van der Waals surface area contributed by atoms with Crippen LogP contribution >= 0.6 is 0 Å². The third kappa shape index (κ3) is 3.41. The highest BCUT2D eigenvalue weighted by atomic mass is 16.6. The van der Waals surface area contributed by atoms with E-state index in [4.69, 9.17) is 0 Å². The van der Waals surface area contributed by atoms with E-state index in [0.29, 0.717) is 17.7 Å². The molecule has 2 heterocycles. The molecule has 0 aromatic carbocycles. The first-order valence-electron chi connectivity index (χ1n) is 7.35. The van der Waals surface area contributed by atoms with Crippen LogP contribution in [0.2, 0.25) is 0 Å². The van der Waals surface area contributed by atoms with E-state index < -0.39 is 0 Å². The Morgan fingerprint density at radius 3 is 2.67 bits per heavy atom. The maximum atomic E-state index is 11.2. The number of anilines is 2. The van der Waals surface area contributed by atoms with Gasteiger partial charge in [-0.2, -0.15) is 0 Å². The van der Waals surface area contributed by atoms with E-state index in [0.717, 1.165) is 32.5 Å². The number of pyridine rings is 1. The summed E-state index contributed by atoms with van der Waals surface area (Å²) in [6.45, 7) is 5.28. The van der Waals surface area contributed by atoms with Crippen molar-refractivity contribution in [3.63, 3.8) is 0 Å². The van der Waals surface area contributed by atoms with Gasteiger partial charge in [0.05, 0.1) is 4.92 Å². The van der Waals surface area contributed by atoms with Gasteiger partial charge < -0.3 is 15.1 Å². The third-order valence-electron chi connectivity index (χ3n) is 4.19. The van der Waals surface area contributed by atoms with Crippen LogP contribution in [0.3, 0.4) is 0 Å². The molecular weight excluding hydrogens is 270 g/mol. The van der Waals surface area contributed by atoms with Gasteiger partial charge in [0, 0.05) is 39.3 Å². The highest BCUT2D eigenvalue weighted by Gasteiger charge is 2.27. The highest BCUT2D eigenvalue weighted by molar-refractivity contribution is 5.61. The molecule has 0 radical (unpaired) electrons. The van der Waals surface area contributed by atoms with E-state index in [9.17, 15) is 10.1 Å². The van der Waals surface area contributed by atoms with E-state index in [2.05, 4.69) is 22.1 Å². The monoisotopic (exact) mass is 293 g/mol. The maximum Gasteiger partial charge on any atom is 0.311 e. The molecule has 116 valence electrons. The van der Waals surface area contributed by atoms with Gasteiger partial charge in [0.1, 0.15) is 5.82 Å². The molecule has 1 aliphatic rings. The predicted octanol–water partition coefficient (Wildman–Crippen LogP) is 1.95. The molecule has 7 heteroatoms. The topological polar surface area (TPSA) is 74.5 Å². The zero-order chi connectivity index (χ0) is 15.4.